The fourth-order valence-electron chi connectivity index (χ4n) is 2.56. The van der Waals surface area contributed by atoms with Crippen LogP contribution in [0.25, 0.3) is 0 Å². The minimum atomic E-state index is -0.433. The first-order chi connectivity index (χ1) is 14.1. The Morgan fingerprint density at radius 3 is 2.55 bits per heavy atom. The molecular formula is C23H19ClFNO3. The average Bonchev–Trinajstić information content (AvgIpc) is 2.74. The molecule has 0 aliphatic heterocycles. The molecule has 0 aliphatic carbocycles. The van der Waals surface area contributed by atoms with Gasteiger partial charge in [-0.3, -0.25) is 4.79 Å². The highest BCUT2D eigenvalue weighted by Crippen LogP contribution is 2.22. The van der Waals surface area contributed by atoms with Crippen LogP contribution in [0.3, 0.4) is 0 Å². The molecule has 0 radical (unpaired) electrons. The highest BCUT2D eigenvalue weighted by Gasteiger charge is 2.09. The Labute approximate surface area is 173 Å². The van der Waals surface area contributed by atoms with Gasteiger partial charge >= 0.3 is 0 Å². The van der Waals surface area contributed by atoms with Crippen molar-refractivity contribution in [2.45, 2.75) is 6.61 Å². The lowest BCUT2D eigenvalue weighted by molar-refractivity contribution is 0.104. The number of hydrogen-bond donors (Lipinski definition) is 1. The quantitative estimate of drug-likeness (QED) is 0.371. The Morgan fingerprint density at radius 2 is 1.83 bits per heavy atom. The third kappa shape index (κ3) is 5.59. The average molecular weight is 412 g/mol. The first-order valence-electron chi connectivity index (χ1n) is 8.84. The normalized spacial score (nSPS) is 10.7. The highest BCUT2D eigenvalue weighted by atomic mass is 35.5. The molecule has 6 heteroatoms. The predicted octanol–water partition coefficient (Wildman–Crippen LogP) is 5.88. The Morgan fingerprint density at radius 1 is 1.07 bits per heavy atom. The maximum atomic E-state index is 13.8. The largest absolute Gasteiger partial charge is 0.497 e. The van der Waals surface area contributed by atoms with E-state index < -0.39 is 5.82 Å². The molecule has 3 aromatic rings. The number of ketones is 1. The summed E-state index contributed by atoms with van der Waals surface area (Å²) >= 11 is 6.00. The van der Waals surface area contributed by atoms with Crippen LogP contribution in [0.4, 0.5) is 10.1 Å². The van der Waals surface area contributed by atoms with Crippen LogP contribution in [0.1, 0.15) is 15.9 Å². The van der Waals surface area contributed by atoms with Gasteiger partial charge in [-0.2, -0.15) is 0 Å². The Hall–Kier alpha value is -3.31. The molecular weight excluding hydrogens is 393 g/mol. The van der Waals surface area contributed by atoms with Crippen molar-refractivity contribution >= 4 is 23.1 Å². The number of hydrogen-bond acceptors (Lipinski definition) is 4. The number of nitrogens with one attached hydrogen (secondary N) is 1. The molecule has 3 aromatic carbocycles. The molecule has 0 heterocycles. The van der Waals surface area contributed by atoms with Crippen molar-refractivity contribution < 1.29 is 18.7 Å². The van der Waals surface area contributed by atoms with E-state index >= 15 is 0 Å². The SMILES string of the molecule is COc1ccc(NC=CC(=O)c2cccc(OCc3c(F)cccc3Cl)c2)cc1. The molecule has 0 aliphatic rings. The summed E-state index contributed by atoms with van der Waals surface area (Å²) in [5, 5.41) is 3.32. The van der Waals surface area contributed by atoms with E-state index in [-0.39, 0.29) is 18.0 Å². The van der Waals surface area contributed by atoms with Crippen LogP contribution in [0.15, 0.2) is 79.0 Å². The van der Waals surface area contributed by atoms with Gasteiger partial charge in [0.05, 0.1) is 12.1 Å². The van der Waals surface area contributed by atoms with E-state index in [0.29, 0.717) is 16.3 Å². The van der Waals surface area contributed by atoms with Crippen LogP contribution in [-0.4, -0.2) is 12.9 Å². The summed E-state index contributed by atoms with van der Waals surface area (Å²) in [7, 11) is 1.60. The highest BCUT2D eigenvalue weighted by molar-refractivity contribution is 6.31. The number of allylic oxidation sites excluding steroid dienone is 1. The molecule has 0 aromatic heterocycles. The molecule has 0 saturated carbocycles. The summed E-state index contributed by atoms with van der Waals surface area (Å²) in [6, 6.07) is 18.5. The zero-order valence-corrected chi connectivity index (χ0v) is 16.4. The lowest BCUT2D eigenvalue weighted by Crippen LogP contribution is -2.01. The molecule has 0 fully saturated rings. The number of ether oxygens (including phenoxy) is 2. The summed E-state index contributed by atoms with van der Waals surface area (Å²) in [6.45, 7) is -0.0297. The zero-order valence-electron chi connectivity index (χ0n) is 15.7. The predicted molar refractivity (Wildman–Crippen MR) is 112 cm³/mol. The van der Waals surface area contributed by atoms with E-state index in [0.717, 1.165) is 11.4 Å². The third-order valence-corrected chi connectivity index (χ3v) is 4.49. The zero-order chi connectivity index (χ0) is 20.6. The first-order valence-corrected chi connectivity index (χ1v) is 9.22. The molecule has 0 spiro atoms. The van der Waals surface area contributed by atoms with E-state index in [4.69, 9.17) is 21.1 Å². The molecule has 0 unspecified atom stereocenters. The van der Waals surface area contributed by atoms with Gasteiger partial charge in [0, 0.05) is 29.1 Å². The maximum absolute atomic E-state index is 13.8. The van der Waals surface area contributed by atoms with Crippen molar-refractivity contribution in [3.8, 4) is 11.5 Å². The number of rotatable bonds is 8. The van der Waals surface area contributed by atoms with E-state index in [1.165, 1.54) is 18.2 Å². The second-order valence-corrected chi connectivity index (χ2v) is 6.49. The Balaban J connectivity index is 1.61. The van der Waals surface area contributed by atoms with E-state index in [2.05, 4.69) is 5.32 Å². The number of carbonyl (C=O) groups is 1. The fourth-order valence-corrected chi connectivity index (χ4v) is 2.78. The lowest BCUT2D eigenvalue weighted by Gasteiger charge is -2.09. The van der Waals surface area contributed by atoms with Gasteiger partial charge in [-0.1, -0.05) is 29.8 Å². The molecule has 1 N–H and O–H groups in total. The Bertz CT molecular complexity index is 999. The molecule has 4 nitrogen and oxygen atoms in total. The van der Waals surface area contributed by atoms with E-state index in [1.807, 2.05) is 24.3 Å². The van der Waals surface area contributed by atoms with Crippen LogP contribution in [-0.2, 0) is 6.61 Å². The van der Waals surface area contributed by atoms with Crippen LogP contribution >= 0.6 is 11.6 Å². The molecule has 0 saturated heterocycles. The van der Waals surface area contributed by atoms with Crippen LogP contribution in [0.5, 0.6) is 11.5 Å². The first kappa shape index (κ1) is 20.4. The number of halogens is 2. The van der Waals surface area contributed by atoms with Crippen molar-refractivity contribution in [2.24, 2.45) is 0 Å². The number of anilines is 1. The van der Waals surface area contributed by atoms with E-state index in [1.54, 1.807) is 43.6 Å². The Kier molecular flexibility index (Phi) is 6.87. The summed E-state index contributed by atoms with van der Waals surface area (Å²) in [6.07, 6.45) is 2.99. The van der Waals surface area contributed by atoms with Crippen LogP contribution in [0.2, 0.25) is 5.02 Å². The molecule has 148 valence electrons. The standard InChI is InChI=1S/C23H19ClFNO3/c1-28-18-10-8-17(9-11-18)26-13-12-23(27)16-4-2-5-19(14-16)29-15-20-21(24)6-3-7-22(20)25/h2-14,26H,15H2,1H3. The van der Waals surface area contributed by atoms with Crippen molar-refractivity contribution in [1.82, 2.24) is 0 Å². The number of benzene rings is 3. The van der Waals surface area contributed by atoms with Gasteiger partial charge in [-0.15, -0.1) is 0 Å². The summed E-state index contributed by atoms with van der Waals surface area (Å²) in [4.78, 5) is 12.4. The summed E-state index contributed by atoms with van der Waals surface area (Å²) in [5.74, 6) is 0.577. The van der Waals surface area contributed by atoms with Crippen molar-refractivity contribution in [3.05, 3.63) is 101 Å². The fraction of sp³-hybridized carbons (Fsp3) is 0.0870. The minimum Gasteiger partial charge on any atom is -0.497 e. The van der Waals surface area contributed by atoms with Crippen molar-refractivity contribution in [3.63, 3.8) is 0 Å². The molecule has 0 bridgehead atoms. The van der Waals surface area contributed by atoms with Crippen LogP contribution in [0, 0.1) is 5.82 Å². The molecule has 3 rings (SSSR count). The van der Waals surface area contributed by atoms with Gasteiger partial charge in [0.2, 0.25) is 0 Å². The molecule has 0 atom stereocenters. The van der Waals surface area contributed by atoms with Crippen molar-refractivity contribution in [1.29, 1.82) is 0 Å². The summed E-state index contributed by atoms with van der Waals surface area (Å²) in [5.41, 5.74) is 1.55. The topological polar surface area (TPSA) is 47.6 Å². The molecule has 29 heavy (non-hydrogen) atoms. The number of methoxy groups -OCH3 is 1. The lowest BCUT2D eigenvalue weighted by atomic mass is 10.1. The monoisotopic (exact) mass is 411 g/mol. The number of carbonyl (C=O) groups excluding carboxylic acids is 1. The van der Waals surface area contributed by atoms with E-state index in [9.17, 15) is 9.18 Å². The van der Waals surface area contributed by atoms with Gasteiger partial charge in [0.25, 0.3) is 0 Å². The van der Waals surface area contributed by atoms with Crippen molar-refractivity contribution in [2.75, 3.05) is 12.4 Å². The van der Waals surface area contributed by atoms with Gasteiger partial charge in [0.15, 0.2) is 5.78 Å². The second-order valence-electron chi connectivity index (χ2n) is 6.09. The minimum absolute atomic E-state index is 0.0297. The van der Waals surface area contributed by atoms with Gasteiger partial charge < -0.3 is 14.8 Å². The van der Waals surface area contributed by atoms with Gasteiger partial charge in [0.1, 0.15) is 23.9 Å². The molecule has 0 amide bonds. The maximum Gasteiger partial charge on any atom is 0.187 e. The van der Waals surface area contributed by atoms with Gasteiger partial charge in [-0.25, -0.2) is 4.39 Å². The van der Waals surface area contributed by atoms with Gasteiger partial charge in [-0.05, 0) is 48.5 Å². The summed E-state index contributed by atoms with van der Waals surface area (Å²) < 4.78 is 24.6. The second kappa shape index (κ2) is 9.75. The third-order valence-electron chi connectivity index (χ3n) is 4.14. The van der Waals surface area contributed by atoms with Crippen LogP contribution < -0.4 is 14.8 Å². The smallest absolute Gasteiger partial charge is 0.187 e.